The lowest BCUT2D eigenvalue weighted by Gasteiger charge is -2.24. The van der Waals surface area contributed by atoms with Gasteiger partial charge in [0.2, 0.25) is 0 Å². The van der Waals surface area contributed by atoms with Gasteiger partial charge in [0.25, 0.3) is 5.91 Å². The summed E-state index contributed by atoms with van der Waals surface area (Å²) in [5, 5.41) is 0. The molecule has 168 valence electrons. The number of ether oxygens (including phenoxy) is 1. The number of fused-ring (bicyclic) bond motifs is 9. The number of rotatable bonds is 2. The van der Waals surface area contributed by atoms with Crippen LogP contribution in [0, 0.1) is 11.8 Å². The Morgan fingerprint density at radius 2 is 1.88 bits per heavy atom. The van der Waals surface area contributed by atoms with E-state index in [0.717, 1.165) is 22.4 Å². The maximum Gasteiger partial charge on any atom is 0.387 e. The monoisotopic (exact) mass is 457 g/mol. The molecule has 2 aliphatic rings. The van der Waals surface area contributed by atoms with Crippen LogP contribution in [0.3, 0.4) is 0 Å². The number of aromatic nitrogens is 4. The summed E-state index contributed by atoms with van der Waals surface area (Å²) in [5.41, 5.74) is 3.84. The summed E-state index contributed by atoms with van der Waals surface area (Å²) in [6.07, 6.45) is 5.24. The summed E-state index contributed by atoms with van der Waals surface area (Å²) in [5.74, 6) is 6.65. The molecule has 0 radical (unpaired) electrons. The van der Waals surface area contributed by atoms with Gasteiger partial charge in [-0.3, -0.25) is 4.79 Å². The van der Waals surface area contributed by atoms with Crippen LogP contribution >= 0.6 is 0 Å². The summed E-state index contributed by atoms with van der Waals surface area (Å²) in [6.45, 7) is -3.00. The number of benzene rings is 2. The zero-order chi connectivity index (χ0) is 23.4. The molecule has 0 saturated carbocycles. The molecule has 0 aliphatic carbocycles. The zero-order valence-corrected chi connectivity index (χ0v) is 17.9. The molecule has 2 aromatic heterocycles. The Kier molecular flexibility index (Phi) is 4.55. The van der Waals surface area contributed by atoms with E-state index in [9.17, 15) is 13.6 Å². The molecule has 0 N–H and O–H groups in total. The third-order valence-corrected chi connectivity index (χ3v) is 6.32. The fourth-order valence-electron chi connectivity index (χ4n) is 4.87. The van der Waals surface area contributed by atoms with E-state index in [4.69, 9.17) is 9.72 Å². The SMILES string of the molecule is CN1C(=O)c2cccc(OC(F)F)c2C2CC1c1nc3ccc(C#Cc4cncnc4)cc3n12. The molecule has 9 heteroatoms. The molecule has 0 spiro atoms. The van der Waals surface area contributed by atoms with Gasteiger partial charge in [-0.05, 0) is 30.3 Å². The quantitative estimate of drug-likeness (QED) is 0.426. The first-order valence-corrected chi connectivity index (χ1v) is 10.6. The third kappa shape index (κ3) is 3.10. The lowest BCUT2D eigenvalue weighted by molar-refractivity contribution is -0.0507. The van der Waals surface area contributed by atoms with Gasteiger partial charge >= 0.3 is 6.61 Å². The summed E-state index contributed by atoms with van der Waals surface area (Å²) in [4.78, 5) is 27.5. The lowest BCUT2D eigenvalue weighted by atomic mass is 9.97. The highest BCUT2D eigenvalue weighted by molar-refractivity contribution is 5.97. The van der Waals surface area contributed by atoms with Crippen molar-refractivity contribution in [2.45, 2.75) is 25.1 Å². The van der Waals surface area contributed by atoms with E-state index < -0.39 is 6.61 Å². The average molecular weight is 457 g/mol. The number of alkyl halides is 2. The molecule has 0 fully saturated rings. The molecule has 0 saturated heterocycles. The Morgan fingerprint density at radius 3 is 2.68 bits per heavy atom. The van der Waals surface area contributed by atoms with Crippen LogP contribution in [-0.4, -0.2) is 44.0 Å². The first kappa shape index (κ1) is 20.3. The van der Waals surface area contributed by atoms with Gasteiger partial charge < -0.3 is 14.2 Å². The van der Waals surface area contributed by atoms with Crippen molar-refractivity contribution in [1.29, 1.82) is 0 Å². The van der Waals surface area contributed by atoms with Crippen LogP contribution in [0.2, 0.25) is 0 Å². The third-order valence-electron chi connectivity index (χ3n) is 6.32. The number of hydrogen-bond donors (Lipinski definition) is 0. The smallest absolute Gasteiger partial charge is 0.387 e. The number of carbonyl (C=O) groups is 1. The van der Waals surface area contributed by atoms with Gasteiger partial charge in [0.1, 0.15) is 17.9 Å². The predicted octanol–water partition coefficient (Wildman–Crippen LogP) is 3.95. The standard InChI is InChI=1S/C25H17F2N5O2/c1-31-20-10-19(22-16(24(31)33)3-2-4-21(22)34-25(26)27)32-18-9-14(7-8-17(18)30-23(20)32)5-6-15-11-28-13-29-12-15/h2-4,7-9,11-13,19-20,25H,10H2,1H3. The number of nitrogens with zero attached hydrogens (tertiary/aromatic N) is 5. The van der Waals surface area contributed by atoms with Crippen LogP contribution in [-0.2, 0) is 0 Å². The van der Waals surface area contributed by atoms with Crippen LogP contribution in [0.25, 0.3) is 11.0 Å². The van der Waals surface area contributed by atoms with Crippen LogP contribution in [0.1, 0.15) is 51.4 Å². The summed E-state index contributed by atoms with van der Waals surface area (Å²) >= 11 is 0. The van der Waals surface area contributed by atoms with Gasteiger partial charge in [0, 0.05) is 42.6 Å². The van der Waals surface area contributed by atoms with E-state index in [1.165, 1.54) is 12.4 Å². The van der Waals surface area contributed by atoms with E-state index >= 15 is 0 Å². The Hall–Kier alpha value is -4.32. The van der Waals surface area contributed by atoms with Crippen LogP contribution in [0.4, 0.5) is 8.78 Å². The zero-order valence-electron chi connectivity index (χ0n) is 17.9. The van der Waals surface area contributed by atoms with Gasteiger partial charge in [-0.1, -0.05) is 17.9 Å². The van der Waals surface area contributed by atoms with Crippen molar-refractivity contribution < 1.29 is 18.3 Å². The minimum atomic E-state index is -3.00. The summed E-state index contributed by atoms with van der Waals surface area (Å²) in [7, 11) is 1.72. The molecular weight excluding hydrogens is 440 g/mol. The Labute approximate surface area is 193 Å². The molecule has 4 heterocycles. The second kappa shape index (κ2) is 7.63. The number of carbonyl (C=O) groups excluding carboxylic acids is 1. The van der Waals surface area contributed by atoms with E-state index in [1.807, 2.05) is 22.8 Å². The van der Waals surface area contributed by atoms with Crippen molar-refractivity contribution in [3.05, 3.63) is 83.2 Å². The van der Waals surface area contributed by atoms with Crippen molar-refractivity contribution in [1.82, 2.24) is 24.4 Å². The minimum Gasteiger partial charge on any atom is -0.434 e. The maximum absolute atomic E-state index is 13.2. The van der Waals surface area contributed by atoms with Crippen molar-refractivity contribution in [3.8, 4) is 17.6 Å². The van der Waals surface area contributed by atoms with Gasteiger partial charge in [0.15, 0.2) is 0 Å². The second-order valence-electron chi connectivity index (χ2n) is 8.20. The van der Waals surface area contributed by atoms with Gasteiger partial charge in [-0.15, -0.1) is 0 Å². The number of imidazole rings is 1. The first-order valence-electron chi connectivity index (χ1n) is 10.6. The molecule has 4 aromatic rings. The normalized spacial score (nSPS) is 18.4. The fourth-order valence-corrected chi connectivity index (χ4v) is 4.87. The van der Waals surface area contributed by atoms with E-state index in [1.54, 1.807) is 36.5 Å². The summed E-state index contributed by atoms with van der Waals surface area (Å²) in [6, 6.07) is 9.72. The molecular formula is C25H17F2N5O2. The molecule has 34 heavy (non-hydrogen) atoms. The van der Waals surface area contributed by atoms with Gasteiger partial charge in [-0.2, -0.15) is 8.78 Å². The summed E-state index contributed by atoms with van der Waals surface area (Å²) < 4.78 is 33.3. The van der Waals surface area contributed by atoms with Gasteiger partial charge in [0.05, 0.1) is 28.7 Å². The van der Waals surface area contributed by atoms with Crippen molar-refractivity contribution >= 4 is 16.9 Å². The Bertz CT molecular complexity index is 1510. The van der Waals surface area contributed by atoms with E-state index in [-0.39, 0.29) is 23.7 Å². The molecule has 2 aliphatic heterocycles. The highest BCUT2D eigenvalue weighted by Crippen LogP contribution is 2.49. The molecule has 2 unspecified atom stereocenters. The van der Waals surface area contributed by atoms with Crippen molar-refractivity contribution in [3.63, 3.8) is 0 Å². The molecule has 6 rings (SSSR count). The van der Waals surface area contributed by atoms with E-state index in [2.05, 4.69) is 21.8 Å². The van der Waals surface area contributed by atoms with E-state index in [0.29, 0.717) is 23.1 Å². The maximum atomic E-state index is 13.2. The van der Waals surface area contributed by atoms with Crippen molar-refractivity contribution in [2.24, 2.45) is 0 Å². The Balaban J connectivity index is 1.53. The van der Waals surface area contributed by atoms with Crippen LogP contribution in [0.5, 0.6) is 5.75 Å². The fraction of sp³-hybridized carbons (Fsp3) is 0.200. The minimum absolute atomic E-state index is 0.00891. The first-order chi connectivity index (χ1) is 16.5. The average Bonchev–Trinajstić information content (AvgIpc) is 3.36. The van der Waals surface area contributed by atoms with Crippen LogP contribution in [0.15, 0.2) is 55.1 Å². The largest absolute Gasteiger partial charge is 0.434 e. The molecule has 7 nitrogen and oxygen atoms in total. The highest BCUT2D eigenvalue weighted by Gasteiger charge is 2.44. The topological polar surface area (TPSA) is 73.1 Å². The Morgan fingerprint density at radius 1 is 1.09 bits per heavy atom. The predicted molar refractivity (Wildman–Crippen MR) is 118 cm³/mol. The number of amides is 1. The number of hydrogen-bond acceptors (Lipinski definition) is 5. The van der Waals surface area contributed by atoms with Crippen LogP contribution < -0.4 is 4.74 Å². The molecule has 1 amide bonds. The highest BCUT2D eigenvalue weighted by atomic mass is 19.3. The number of halogens is 2. The van der Waals surface area contributed by atoms with Crippen molar-refractivity contribution in [2.75, 3.05) is 7.05 Å². The molecule has 2 aromatic carbocycles. The second-order valence-corrected chi connectivity index (χ2v) is 8.20. The van der Waals surface area contributed by atoms with Gasteiger partial charge in [-0.25, -0.2) is 15.0 Å². The lowest BCUT2D eigenvalue weighted by Crippen LogP contribution is -2.30. The molecule has 2 bridgehead atoms. The molecule has 2 atom stereocenters.